The normalized spacial score (nSPS) is 12.0. The summed E-state index contributed by atoms with van der Waals surface area (Å²) >= 11 is 6.01. The van der Waals surface area contributed by atoms with Crippen molar-refractivity contribution in [3.63, 3.8) is 0 Å². The number of hydrogen-bond acceptors (Lipinski definition) is 5. The van der Waals surface area contributed by atoms with Crippen LogP contribution < -0.4 is 15.4 Å². The number of hydrogen-bond donors (Lipinski definition) is 2. The van der Waals surface area contributed by atoms with Gasteiger partial charge in [0.15, 0.2) is 5.75 Å². The number of non-ortho nitro benzene ring substituents is 1. The topological polar surface area (TPSA) is 111 Å². The Morgan fingerprint density at radius 2 is 1.86 bits per heavy atom. The van der Waals surface area contributed by atoms with Gasteiger partial charge in [0.1, 0.15) is 5.75 Å². The summed E-state index contributed by atoms with van der Waals surface area (Å²) in [5.74, 6) is -0.204. The number of carbonyl (C=O) groups excluding carboxylic acids is 2. The van der Waals surface area contributed by atoms with E-state index in [1.807, 2.05) is 0 Å². The molecule has 0 spiro atoms. The van der Waals surface area contributed by atoms with Crippen LogP contribution in [0.2, 0.25) is 5.02 Å². The molecule has 0 bridgehead atoms. The number of nitro groups is 1. The third kappa shape index (κ3) is 3.61. The van der Waals surface area contributed by atoms with E-state index in [2.05, 4.69) is 10.6 Å². The first-order valence-electron chi connectivity index (χ1n) is 8.40. The maximum atomic E-state index is 12.6. The quantitative estimate of drug-likeness (QED) is 0.474. The Bertz CT molecular complexity index is 1180. The van der Waals surface area contributed by atoms with Crippen molar-refractivity contribution in [1.82, 2.24) is 0 Å². The first-order chi connectivity index (χ1) is 13.9. The summed E-state index contributed by atoms with van der Waals surface area (Å²) in [5, 5.41) is 16.4. The van der Waals surface area contributed by atoms with Crippen molar-refractivity contribution in [2.24, 2.45) is 0 Å². The van der Waals surface area contributed by atoms with Crippen molar-refractivity contribution in [2.75, 3.05) is 10.6 Å². The number of halogens is 1. The average Bonchev–Trinajstić information content (AvgIpc) is 2.84. The fraction of sp³-hybridized carbons (Fsp3) is 0. The molecule has 29 heavy (non-hydrogen) atoms. The molecule has 1 heterocycles. The standard InChI is InChI=1S/C20H12ClN3O5/c21-15-7-6-12(24(27)28)10-13(15)19(25)22-11-5-8-17-14(9-11)20(26)23-16-3-1-2-4-18(16)29-17/h1-10H,(H,22,25)(H,23,26). The lowest BCUT2D eigenvalue weighted by Crippen LogP contribution is -2.14. The summed E-state index contributed by atoms with van der Waals surface area (Å²) < 4.78 is 5.79. The molecule has 0 saturated carbocycles. The van der Waals surface area contributed by atoms with Crippen molar-refractivity contribution in [2.45, 2.75) is 0 Å². The molecule has 9 heteroatoms. The highest BCUT2D eigenvalue weighted by molar-refractivity contribution is 6.34. The molecule has 1 aliphatic heterocycles. The van der Waals surface area contributed by atoms with E-state index >= 15 is 0 Å². The summed E-state index contributed by atoms with van der Waals surface area (Å²) in [6.45, 7) is 0. The van der Waals surface area contributed by atoms with Crippen molar-refractivity contribution < 1.29 is 19.2 Å². The zero-order valence-electron chi connectivity index (χ0n) is 14.6. The maximum absolute atomic E-state index is 12.6. The Labute approximate surface area is 169 Å². The van der Waals surface area contributed by atoms with E-state index in [-0.39, 0.29) is 21.8 Å². The molecule has 4 rings (SSSR count). The van der Waals surface area contributed by atoms with Gasteiger partial charge >= 0.3 is 0 Å². The van der Waals surface area contributed by atoms with Gasteiger partial charge in [-0.05, 0) is 36.4 Å². The van der Waals surface area contributed by atoms with Crippen molar-refractivity contribution in [3.8, 4) is 11.5 Å². The molecular weight excluding hydrogens is 398 g/mol. The Morgan fingerprint density at radius 1 is 1.07 bits per heavy atom. The summed E-state index contributed by atoms with van der Waals surface area (Å²) in [5.41, 5.74) is 0.753. The summed E-state index contributed by atoms with van der Waals surface area (Å²) in [6.07, 6.45) is 0. The average molecular weight is 410 g/mol. The number of ether oxygens (including phenoxy) is 1. The molecule has 144 valence electrons. The highest BCUT2D eigenvalue weighted by atomic mass is 35.5. The van der Waals surface area contributed by atoms with Gasteiger partial charge in [0.05, 0.1) is 26.8 Å². The number of rotatable bonds is 3. The molecule has 3 aromatic rings. The molecular formula is C20H12ClN3O5. The van der Waals surface area contributed by atoms with E-state index in [0.29, 0.717) is 22.9 Å². The van der Waals surface area contributed by atoms with Gasteiger partial charge in [-0.1, -0.05) is 23.7 Å². The predicted molar refractivity (Wildman–Crippen MR) is 107 cm³/mol. The third-order valence-corrected chi connectivity index (χ3v) is 4.57. The van der Waals surface area contributed by atoms with Crippen LogP contribution in [-0.2, 0) is 0 Å². The largest absolute Gasteiger partial charge is 0.454 e. The van der Waals surface area contributed by atoms with E-state index in [4.69, 9.17) is 16.3 Å². The van der Waals surface area contributed by atoms with Crippen LogP contribution in [0.15, 0.2) is 60.7 Å². The molecule has 0 fully saturated rings. The lowest BCUT2D eigenvalue weighted by molar-refractivity contribution is -0.384. The van der Waals surface area contributed by atoms with Gasteiger partial charge < -0.3 is 15.4 Å². The van der Waals surface area contributed by atoms with Gasteiger partial charge in [-0.25, -0.2) is 0 Å². The highest BCUT2D eigenvalue weighted by Gasteiger charge is 2.22. The van der Waals surface area contributed by atoms with E-state index in [1.165, 1.54) is 18.2 Å². The molecule has 8 nitrogen and oxygen atoms in total. The van der Waals surface area contributed by atoms with Gasteiger partial charge in [0, 0.05) is 17.8 Å². The third-order valence-electron chi connectivity index (χ3n) is 4.24. The van der Waals surface area contributed by atoms with Gasteiger partial charge in [-0.2, -0.15) is 0 Å². The van der Waals surface area contributed by atoms with Crippen LogP contribution in [0.3, 0.4) is 0 Å². The van der Waals surface area contributed by atoms with Crippen LogP contribution in [0.25, 0.3) is 0 Å². The summed E-state index contributed by atoms with van der Waals surface area (Å²) in [6, 6.07) is 15.2. The Balaban J connectivity index is 1.63. The predicted octanol–water partition coefficient (Wildman–Crippen LogP) is 4.86. The molecule has 0 radical (unpaired) electrons. The second-order valence-electron chi connectivity index (χ2n) is 6.14. The number of nitrogens with zero attached hydrogens (tertiary/aromatic N) is 1. The smallest absolute Gasteiger partial charge is 0.270 e. The minimum absolute atomic E-state index is 0.0519. The Hall–Kier alpha value is -3.91. The molecule has 0 atom stereocenters. The minimum Gasteiger partial charge on any atom is -0.454 e. The molecule has 2 amide bonds. The molecule has 0 aliphatic carbocycles. The number of para-hydroxylation sites is 2. The van der Waals surface area contributed by atoms with Crippen LogP contribution in [0.1, 0.15) is 20.7 Å². The molecule has 2 N–H and O–H groups in total. The molecule has 0 unspecified atom stereocenters. The summed E-state index contributed by atoms with van der Waals surface area (Å²) in [4.78, 5) is 35.4. The van der Waals surface area contributed by atoms with Crippen LogP contribution >= 0.6 is 11.6 Å². The molecule has 0 aromatic heterocycles. The Kier molecular flexibility index (Phi) is 4.61. The van der Waals surface area contributed by atoms with Crippen LogP contribution in [0, 0.1) is 10.1 Å². The SMILES string of the molecule is O=C(Nc1ccc2c(c1)C(=O)Nc1ccccc1O2)c1cc([N+](=O)[O-])ccc1Cl. The molecule has 0 saturated heterocycles. The second-order valence-corrected chi connectivity index (χ2v) is 6.55. The van der Waals surface area contributed by atoms with Gasteiger partial charge in [0.2, 0.25) is 0 Å². The number of anilines is 2. The second kappa shape index (κ2) is 7.25. The molecule has 3 aromatic carbocycles. The number of nitro benzene ring substituents is 1. The zero-order chi connectivity index (χ0) is 20.5. The van der Waals surface area contributed by atoms with Crippen molar-refractivity contribution in [1.29, 1.82) is 0 Å². The number of amides is 2. The Morgan fingerprint density at radius 3 is 2.66 bits per heavy atom. The number of nitrogens with one attached hydrogen (secondary N) is 2. The fourth-order valence-corrected chi connectivity index (χ4v) is 3.04. The van der Waals surface area contributed by atoms with Crippen LogP contribution in [0.4, 0.5) is 17.1 Å². The lowest BCUT2D eigenvalue weighted by Gasteiger charge is -2.10. The number of fused-ring (bicyclic) bond motifs is 2. The minimum atomic E-state index is -0.642. The monoisotopic (exact) mass is 409 g/mol. The van der Waals surface area contributed by atoms with Gasteiger partial charge in [0.25, 0.3) is 17.5 Å². The van der Waals surface area contributed by atoms with E-state index in [9.17, 15) is 19.7 Å². The van der Waals surface area contributed by atoms with Crippen LogP contribution in [0.5, 0.6) is 11.5 Å². The highest BCUT2D eigenvalue weighted by Crippen LogP contribution is 2.36. The van der Waals surface area contributed by atoms with Crippen molar-refractivity contribution in [3.05, 3.63) is 86.9 Å². The van der Waals surface area contributed by atoms with Crippen LogP contribution in [-0.4, -0.2) is 16.7 Å². The maximum Gasteiger partial charge on any atom is 0.270 e. The van der Waals surface area contributed by atoms with E-state index in [1.54, 1.807) is 36.4 Å². The van der Waals surface area contributed by atoms with E-state index < -0.39 is 16.7 Å². The number of carbonyl (C=O) groups is 2. The lowest BCUT2D eigenvalue weighted by atomic mass is 10.1. The van der Waals surface area contributed by atoms with Crippen molar-refractivity contribution >= 4 is 40.5 Å². The molecule has 1 aliphatic rings. The first kappa shape index (κ1) is 18.5. The van der Waals surface area contributed by atoms with Gasteiger partial charge in [-0.3, -0.25) is 19.7 Å². The summed E-state index contributed by atoms with van der Waals surface area (Å²) in [7, 11) is 0. The number of benzene rings is 3. The first-order valence-corrected chi connectivity index (χ1v) is 8.78. The van der Waals surface area contributed by atoms with E-state index in [0.717, 1.165) is 6.07 Å². The fourth-order valence-electron chi connectivity index (χ4n) is 2.84. The zero-order valence-corrected chi connectivity index (χ0v) is 15.4. The van der Waals surface area contributed by atoms with Gasteiger partial charge in [-0.15, -0.1) is 0 Å².